The van der Waals surface area contributed by atoms with Gasteiger partial charge >= 0.3 is 0 Å². The summed E-state index contributed by atoms with van der Waals surface area (Å²) in [7, 11) is 0. The Labute approximate surface area is 145 Å². The van der Waals surface area contributed by atoms with Crippen molar-refractivity contribution < 1.29 is 9.59 Å². The van der Waals surface area contributed by atoms with Gasteiger partial charge in [0.2, 0.25) is 0 Å². The number of hydrazine groups is 1. The molecular weight excluding hydrogens is 352 g/mol. The van der Waals surface area contributed by atoms with Gasteiger partial charge < -0.3 is 0 Å². The molecule has 0 radical (unpaired) electrons. The van der Waals surface area contributed by atoms with E-state index in [1.165, 1.54) is 28.7 Å². The summed E-state index contributed by atoms with van der Waals surface area (Å²) in [6.45, 7) is 0. The molecule has 116 valence electrons. The number of benzene rings is 1. The minimum absolute atomic E-state index is 0.371. The Morgan fingerprint density at radius 2 is 1.91 bits per heavy atom. The quantitative estimate of drug-likeness (QED) is 0.544. The van der Waals surface area contributed by atoms with Crippen molar-refractivity contribution in [2.75, 3.05) is 0 Å². The van der Waals surface area contributed by atoms with E-state index in [4.69, 9.17) is 11.6 Å². The van der Waals surface area contributed by atoms with Crippen LogP contribution in [-0.2, 0) is 4.79 Å². The molecule has 0 bridgehead atoms. The van der Waals surface area contributed by atoms with E-state index < -0.39 is 11.8 Å². The topological polar surface area (TPSA) is 58.2 Å². The third-order valence-electron chi connectivity index (χ3n) is 2.98. The first-order valence-corrected chi connectivity index (χ1v) is 8.71. The van der Waals surface area contributed by atoms with Crippen LogP contribution in [0.1, 0.15) is 14.5 Å². The molecule has 0 aliphatic carbocycles. The number of hydrogen-bond donors (Lipinski definition) is 2. The molecule has 7 heteroatoms. The van der Waals surface area contributed by atoms with Crippen molar-refractivity contribution in [3.05, 3.63) is 62.6 Å². The molecule has 0 aliphatic heterocycles. The van der Waals surface area contributed by atoms with Crippen LogP contribution in [0.15, 0.2) is 47.9 Å². The summed E-state index contributed by atoms with van der Waals surface area (Å²) in [5.74, 6) is -0.849. The maximum absolute atomic E-state index is 12.2. The molecule has 23 heavy (non-hydrogen) atoms. The smallest absolute Gasteiger partial charge is 0.268 e. The number of carbonyl (C=O) groups is 2. The molecule has 0 unspecified atom stereocenters. The van der Waals surface area contributed by atoms with Gasteiger partial charge in [0.05, 0.1) is 5.02 Å². The van der Waals surface area contributed by atoms with E-state index >= 15 is 0 Å². The molecule has 4 nitrogen and oxygen atoms in total. The third kappa shape index (κ3) is 3.61. The first-order valence-electron chi connectivity index (χ1n) is 6.64. The highest BCUT2D eigenvalue weighted by Gasteiger charge is 2.16. The summed E-state index contributed by atoms with van der Waals surface area (Å²) in [6, 6.07) is 11.3. The summed E-state index contributed by atoms with van der Waals surface area (Å²) in [6.07, 6.45) is 3.04. The number of hydrogen-bond acceptors (Lipinski definition) is 4. The van der Waals surface area contributed by atoms with Crippen LogP contribution in [0, 0.1) is 0 Å². The molecule has 0 fully saturated rings. The van der Waals surface area contributed by atoms with Gasteiger partial charge in [0, 0.05) is 21.0 Å². The lowest BCUT2D eigenvalue weighted by Gasteiger charge is -2.03. The van der Waals surface area contributed by atoms with Crippen molar-refractivity contribution in [2.24, 2.45) is 0 Å². The van der Waals surface area contributed by atoms with Crippen LogP contribution in [0.4, 0.5) is 0 Å². The van der Waals surface area contributed by atoms with Crippen LogP contribution < -0.4 is 10.9 Å². The van der Waals surface area contributed by atoms with Crippen molar-refractivity contribution >= 4 is 62.3 Å². The lowest BCUT2D eigenvalue weighted by atomic mass is 10.2. The molecule has 3 aromatic rings. The molecule has 2 heterocycles. The number of thiophene rings is 2. The van der Waals surface area contributed by atoms with Gasteiger partial charge in [-0.25, -0.2) is 0 Å². The number of amides is 2. The number of fused-ring (bicyclic) bond motifs is 1. The lowest BCUT2D eigenvalue weighted by Crippen LogP contribution is -2.40. The zero-order chi connectivity index (χ0) is 16.2. The Balaban J connectivity index is 1.64. The molecule has 0 saturated heterocycles. The molecule has 0 atom stereocenters. The van der Waals surface area contributed by atoms with Crippen LogP contribution in [0.3, 0.4) is 0 Å². The van der Waals surface area contributed by atoms with Crippen LogP contribution in [0.5, 0.6) is 0 Å². The molecule has 0 spiro atoms. The van der Waals surface area contributed by atoms with E-state index in [0.29, 0.717) is 9.90 Å². The van der Waals surface area contributed by atoms with Gasteiger partial charge in [0.15, 0.2) is 0 Å². The fourth-order valence-electron chi connectivity index (χ4n) is 1.92. The fraction of sp³-hybridized carbons (Fsp3) is 0. The van der Waals surface area contributed by atoms with Gasteiger partial charge in [-0.05, 0) is 23.6 Å². The van der Waals surface area contributed by atoms with Gasteiger partial charge in [-0.2, -0.15) is 0 Å². The highest BCUT2D eigenvalue weighted by molar-refractivity contribution is 7.21. The van der Waals surface area contributed by atoms with Crippen molar-refractivity contribution in [3.8, 4) is 0 Å². The maximum atomic E-state index is 12.2. The number of nitrogens with one attached hydrogen (secondary N) is 2. The summed E-state index contributed by atoms with van der Waals surface area (Å²) in [4.78, 5) is 25.2. The average Bonchev–Trinajstić information content (AvgIpc) is 3.19. The Morgan fingerprint density at radius 3 is 2.65 bits per heavy atom. The van der Waals surface area contributed by atoms with E-state index in [1.807, 2.05) is 41.8 Å². The fourth-order valence-corrected chi connectivity index (χ4v) is 3.95. The predicted molar refractivity (Wildman–Crippen MR) is 95.8 cm³/mol. The molecule has 1 aromatic carbocycles. The van der Waals surface area contributed by atoms with Crippen molar-refractivity contribution in [1.82, 2.24) is 10.9 Å². The number of rotatable bonds is 3. The third-order valence-corrected chi connectivity index (χ3v) is 5.49. The van der Waals surface area contributed by atoms with E-state index in [-0.39, 0.29) is 0 Å². The Morgan fingerprint density at radius 1 is 1.09 bits per heavy atom. The van der Waals surface area contributed by atoms with Crippen LogP contribution in [-0.4, -0.2) is 11.8 Å². The molecule has 2 aromatic heterocycles. The zero-order valence-corrected chi connectivity index (χ0v) is 14.1. The van der Waals surface area contributed by atoms with Crippen molar-refractivity contribution in [2.45, 2.75) is 0 Å². The summed E-state index contributed by atoms with van der Waals surface area (Å²) >= 11 is 9.02. The van der Waals surface area contributed by atoms with Gasteiger partial charge in [0.25, 0.3) is 11.8 Å². The van der Waals surface area contributed by atoms with Gasteiger partial charge in [-0.15, -0.1) is 22.7 Å². The second-order valence-electron chi connectivity index (χ2n) is 4.53. The first kappa shape index (κ1) is 15.7. The molecule has 0 saturated carbocycles. The van der Waals surface area contributed by atoms with Crippen LogP contribution in [0.25, 0.3) is 16.2 Å². The zero-order valence-electron chi connectivity index (χ0n) is 11.7. The second kappa shape index (κ2) is 6.95. The minimum atomic E-state index is -0.436. The van der Waals surface area contributed by atoms with Gasteiger partial charge in [-0.1, -0.05) is 35.9 Å². The highest BCUT2D eigenvalue weighted by Crippen LogP contribution is 2.34. The summed E-state index contributed by atoms with van der Waals surface area (Å²) in [5.41, 5.74) is 4.71. The minimum Gasteiger partial charge on any atom is -0.268 e. The predicted octanol–water partition coefficient (Wildman–Crippen LogP) is 4.09. The van der Waals surface area contributed by atoms with Crippen LogP contribution in [0.2, 0.25) is 5.02 Å². The van der Waals surface area contributed by atoms with Crippen LogP contribution >= 0.6 is 34.3 Å². The second-order valence-corrected chi connectivity index (χ2v) is 6.94. The highest BCUT2D eigenvalue weighted by atomic mass is 35.5. The normalized spacial score (nSPS) is 11.0. The SMILES string of the molecule is O=C(C=Cc1cccs1)NNC(=O)c1sc2ccccc2c1Cl. The Bertz CT molecular complexity index is 885. The number of halogens is 1. The summed E-state index contributed by atoms with van der Waals surface area (Å²) < 4.78 is 0.923. The van der Waals surface area contributed by atoms with E-state index in [9.17, 15) is 9.59 Å². The lowest BCUT2D eigenvalue weighted by molar-refractivity contribution is -0.117. The van der Waals surface area contributed by atoms with Gasteiger partial charge in [-0.3, -0.25) is 20.4 Å². The molecular formula is C16H11ClN2O2S2. The standard InChI is InChI=1S/C16H11ClN2O2S2/c17-14-11-5-1-2-6-12(11)23-15(14)16(21)19-18-13(20)8-7-10-4-3-9-22-10/h1-9H,(H,18,20)(H,19,21). The first-order chi connectivity index (χ1) is 11.1. The average molecular weight is 363 g/mol. The van der Waals surface area contributed by atoms with Gasteiger partial charge in [0.1, 0.15) is 4.88 Å². The Kier molecular flexibility index (Phi) is 4.76. The molecule has 2 amide bonds. The van der Waals surface area contributed by atoms with E-state index in [2.05, 4.69) is 10.9 Å². The van der Waals surface area contributed by atoms with Crippen molar-refractivity contribution in [3.63, 3.8) is 0 Å². The van der Waals surface area contributed by atoms with E-state index in [0.717, 1.165) is 15.0 Å². The van der Waals surface area contributed by atoms with Crippen molar-refractivity contribution in [1.29, 1.82) is 0 Å². The molecule has 3 rings (SSSR count). The largest absolute Gasteiger partial charge is 0.281 e. The number of carbonyl (C=O) groups excluding carboxylic acids is 2. The molecule has 0 aliphatic rings. The Hall–Kier alpha value is -2.15. The molecule has 2 N–H and O–H groups in total. The van der Waals surface area contributed by atoms with E-state index in [1.54, 1.807) is 6.08 Å². The monoisotopic (exact) mass is 362 g/mol. The summed E-state index contributed by atoms with van der Waals surface area (Å²) in [5, 5.41) is 3.14. The maximum Gasteiger partial charge on any atom is 0.281 e.